The van der Waals surface area contributed by atoms with Crippen molar-refractivity contribution < 1.29 is 9.90 Å². The average molecular weight is 233 g/mol. The molecular weight excluding hydrogens is 222 g/mol. The minimum absolute atomic E-state index is 0.0452. The van der Waals surface area contributed by atoms with Crippen molar-refractivity contribution in [3.05, 3.63) is 40.9 Å². The highest BCUT2D eigenvalue weighted by atomic mass is 32.1. The quantitative estimate of drug-likeness (QED) is 0.886. The molecule has 0 radical (unpaired) electrons. The number of aryl methyl sites for hydroxylation is 1. The molecule has 0 saturated carbocycles. The monoisotopic (exact) mass is 233 g/mol. The summed E-state index contributed by atoms with van der Waals surface area (Å²) in [7, 11) is 0. The minimum atomic E-state index is -0.820. The average Bonchev–Trinajstić information content (AvgIpc) is 2.66. The Balaban J connectivity index is 2.24. The van der Waals surface area contributed by atoms with Crippen molar-refractivity contribution in [3.8, 4) is 10.6 Å². The number of rotatable bonds is 3. The summed E-state index contributed by atoms with van der Waals surface area (Å²) in [6, 6.07) is 8.04. The SMILES string of the molecule is Cc1ccc(-c2ncc(CC(=O)O)s2)cc1. The molecule has 0 saturated heterocycles. The van der Waals surface area contributed by atoms with Gasteiger partial charge in [0.2, 0.25) is 0 Å². The lowest BCUT2D eigenvalue weighted by Gasteiger charge is -1.96. The highest BCUT2D eigenvalue weighted by Crippen LogP contribution is 2.25. The molecule has 3 nitrogen and oxygen atoms in total. The van der Waals surface area contributed by atoms with E-state index in [1.807, 2.05) is 31.2 Å². The third kappa shape index (κ3) is 2.46. The van der Waals surface area contributed by atoms with E-state index in [2.05, 4.69) is 4.98 Å². The lowest BCUT2D eigenvalue weighted by Crippen LogP contribution is -1.97. The Hall–Kier alpha value is -1.68. The Morgan fingerprint density at radius 2 is 2.06 bits per heavy atom. The van der Waals surface area contributed by atoms with E-state index in [4.69, 9.17) is 5.11 Å². The second-order valence-electron chi connectivity index (χ2n) is 3.57. The summed E-state index contributed by atoms with van der Waals surface area (Å²) in [6.45, 7) is 2.03. The molecule has 0 atom stereocenters. The third-order valence-corrected chi connectivity index (χ3v) is 3.22. The van der Waals surface area contributed by atoms with Crippen LogP contribution >= 0.6 is 11.3 Å². The van der Waals surface area contributed by atoms with Gasteiger partial charge >= 0.3 is 5.97 Å². The predicted octanol–water partition coefficient (Wildman–Crippen LogP) is 2.75. The topological polar surface area (TPSA) is 50.2 Å². The van der Waals surface area contributed by atoms with Gasteiger partial charge in [-0.2, -0.15) is 0 Å². The van der Waals surface area contributed by atoms with Gasteiger partial charge < -0.3 is 5.11 Å². The van der Waals surface area contributed by atoms with Crippen molar-refractivity contribution in [2.45, 2.75) is 13.3 Å². The Morgan fingerprint density at radius 3 is 2.69 bits per heavy atom. The molecule has 0 bridgehead atoms. The molecule has 4 heteroatoms. The van der Waals surface area contributed by atoms with Gasteiger partial charge in [-0.3, -0.25) is 4.79 Å². The molecule has 1 N–H and O–H groups in total. The summed E-state index contributed by atoms with van der Waals surface area (Å²) in [6.07, 6.45) is 1.68. The Labute approximate surface area is 97.4 Å². The summed E-state index contributed by atoms with van der Waals surface area (Å²) in [5.41, 5.74) is 2.23. The lowest BCUT2D eigenvalue weighted by atomic mass is 10.2. The molecule has 0 aliphatic heterocycles. The van der Waals surface area contributed by atoms with Crippen LogP contribution < -0.4 is 0 Å². The van der Waals surface area contributed by atoms with Gasteiger partial charge in [0.25, 0.3) is 0 Å². The summed E-state index contributed by atoms with van der Waals surface area (Å²) in [5.74, 6) is -0.820. The maximum absolute atomic E-state index is 10.5. The summed E-state index contributed by atoms with van der Waals surface area (Å²) in [5, 5.41) is 9.53. The molecule has 1 heterocycles. The molecule has 0 spiro atoms. The van der Waals surface area contributed by atoms with Gasteiger partial charge in [-0.1, -0.05) is 29.8 Å². The number of carboxylic acids is 1. The van der Waals surface area contributed by atoms with Crippen LogP contribution in [0.1, 0.15) is 10.4 Å². The molecule has 0 aliphatic rings. The van der Waals surface area contributed by atoms with E-state index < -0.39 is 5.97 Å². The molecule has 0 amide bonds. The number of nitrogens with zero attached hydrogens (tertiary/aromatic N) is 1. The van der Waals surface area contributed by atoms with Crippen molar-refractivity contribution in [3.63, 3.8) is 0 Å². The molecule has 0 aliphatic carbocycles. The number of thiazole rings is 1. The van der Waals surface area contributed by atoms with E-state index in [1.165, 1.54) is 16.9 Å². The van der Waals surface area contributed by atoms with Crippen LogP contribution in [0.5, 0.6) is 0 Å². The van der Waals surface area contributed by atoms with E-state index in [9.17, 15) is 4.79 Å². The van der Waals surface area contributed by atoms with E-state index in [0.717, 1.165) is 15.4 Å². The molecule has 0 unspecified atom stereocenters. The van der Waals surface area contributed by atoms with E-state index >= 15 is 0 Å². The minimum Gasteiger partial charge on any atom is -0.481 e. The van der Waals surface area contributed by atoms with Crippen molar-refractivity contribution in [2.24, 2.45) is 0 Å². The first-order chi connectivity index (χ1) is 7.65. The van der Waals surface area contributed by atoms with Crippen molar-refractivity contribution in [1.82, 2.24) is 4.98 Å². The number of aliphatic carboxylic acids is 1. The predicted molar refractivity (Wildman–Crippen MR) is 63.6 cm³/mol. The van der Waals surface area contributed by atoms with Crippen LogP contribution in [0.4, 0.5) is 0 Å². The second-order valence-corrected chi connectivity index (χ2v) is 4.68. The molecular formula is C12H11NO2S. The van der Waals surface area contributed by atoms with Crippen LogP contribution in [-0.4, -0.2) is 16.1 Å². The highest BCUT2D eigenvalue weighted by molar-refractivity contribution is 7.15. The van der Waals surface area contributed by atoms with Gasteiger partial charge in [0.05, 0.1) is 6.42 Å². The number of aromatic nitrogens is 1. The van der Waals surface area contributed by atoms with Crippen LogP contribution in [0, 0.1) is 6.92 Å². The summed E-state index contributed by atoms with van der Waals surface area (Å²) in [4.78, 5) is 15.5. The molecule has 0 fully saturated rings. The van der Waals surface area contributed by atoms with Crippen molar-refractivity contribution in [2.75, 3.05) is 0 Å². The largest absolute Gasteiger partial charge is 0.481 e. The Bertz CT molecular complexity index is 502. The second kappa shape index (κ2) is 4.45. The van der Waals surface area contributed by atoms with E-state index in [1.54, 1.807) is 6.20 Å². The van der Waals surface area contributed by atoms with Crippen LogP contribution in [-0.2, 0) is 11.2 Å². The van der Waals surface area contributed by atoms with Crippen LogP contribution in [0.15, 0.2) is 30.5 Å². The normalized spacial score (nSPS) is 10.3. The van der Waals surface area contributed by atoms with Gasteiger partial charge in [0.15, 0.2) is 0 Å². The number of carboxylic acid groups (broad SMARTS) is 1. The fraction of sp³-hybridized carbons (Fsp3) is 0.167. The molecule has 2 rings (SSSR count). The highest BCUT2D eigenvalue weighted by Gasteiger charge is 2.07. The fourth-order valence-electron chi connectivity index (χ4n) is 1.37. The van der Waals surface area contributed by atoms with Crippen LogP contribution in [0.2, 0.25) is 0 Å². The first kappa shape index (κ1) is 10.8. The number of hydrogen-bond donors (Lipinski definition) is 1. The van der Waals surface area contributed by atoms with Gasteiger partial charge in [0, 0.05) is 16.6 Å². The number of benzene rings is 1. The Kier molecular flexibility index (Phi) is 3.01. The Morgan fingerprint density at radius 1 is 1.38 bits per heavy atom. The third-order valence-electron chi connectivity index (χ3n) is 2.18. The maximum atomic E-state index is 10.5. The molecule has 16 heavy (non-hydrogen) atoms. The molecule has 1 aromatic heterocycles. The van der Waals surface area contributed by atoms with Crippen molar-refractivity contribution in [1.29, 1.82) is 0 Å². The molecule has 1 aromatic carbocycles. The summed E-state index contributed by atoms with van der Waals surface area (Å²) < 4.78 is 0. The molecule has 2 aromatic rings. The maximum Gasteiger partial charge on any atom is 0.308 e. The van der Waals surface area contributed by atoms with Crippen molar-refractivity contribution >= 4 is 17.3 Å². The lowest BCUT2D eigenvalue weighted by molar-refractivity contribution is -0.136. The van der Waals surface area contributed by atoms with Crippen LogP contribution in [0.25, 0.3) is 10.6 Å². The van der Waals surface area contributed by atoms with Gasteiger partial charge in [-0.15, -0.1) is 11.3 Å². The summed E-state index contributed by atoms with van der Waals surface area (Å²) >= 11 is 1.43. The standard InChI is InChI=1S/C12H11NO2S/c1-8-2-4-9(5-3-8)12-13-7-10(16-12)6-11(14)15/h2-5,7H,6H2,1H3,(H,14,15). The van der Waals surface area contributed by atoms with Gasteiger partial charge in [0.1, 0.15) is 5.01 Å². The first-order valence-electron chi connectivity index (χ1n) is 4.88. The first-order valence-corrected chi connectivity index (χ1v) is 5.70. The van der Waals surface area contributed by atoms with Gasteiger partial charge in [-0.25, -0.2) is 4.98 Å². The zero-order valence-electron chi connectivity index (χ0n) is 8.80. The van der Waals surface area contributed by atoms with E-state index in [0.29, 0.717) is 0 Å². The van der Waals surface area contributed by atoms with Crippen LogP contribution in [0.3, 0.4) is 0 Å². The van der Waals surface area contributed by atoms with E-state index in [-0.39, 0.29) is 6.42 Å². The zero-order chi connectivity index (χ0) is 11.5. The molecule has 82 valence electrons. The fourth-order valence-corrected chi connectivity index (χ4v) is 2.28. The smallest absolute Gasteiger partial charge is 0.308 e. The van der Waals surface area contributed by atoms with Gasteiger partial charge in [-0.05, 0) is 6.92 Å². The number of carbonyl (C=O) groups is 1. The zero-order valence-corrected chi connectivity index (χ0v) is 9.62. The number of hydrogen-bond acceptors (Lipinski definition) is 3.